The Bertz CT molecular complexity index is 723. The largest absolute Gasteiger partial charge is 0.241 e. The second-order valence-electron chi connectivity index (χ2n) is 4.39. The molecule has 0 radical (unpaired) electrons. The van der Waals surface area contributed by atoms with E-state index in [0.717, 1.165) is 15.2 Å². The highest BCUT2D eigenvalue weighted by Gasteiger charge is 2.17. The highest BCUT2D eigenvalue weighted by Crippen LogP contribution is 2.34. The molecule has 0 spiro atoms. The molecule has 0 saturated carbocycles. The number of thiazole rings is 1. The van der Waals surface area contributed by atoms with Gasteiger partial charge in [0.1, 0.15) is 5.82 Å². The molecular formula is C15H10Br2FNS. The Hall–Kier alpha value is -0.780. The van der Waals surface area contributed by atoms with Crippen LogP contribution in [-0.4, -0.2) is 4.98 Å². The first-order valence-corrected chi connectivity index (χ1v) is 8.60. The molecule has 1 heterocycles. The Morgan fingerprint density at radius 1 is 1.15 bits per heavy atom. The number of benzene rings is 2. The number of aromatic nitrogens is 1. The maximum atomic E-state index is 14.1. The van der Waals surface area contributed by atoms with Crippen molar-refractivity contribution in [1.29, 1.82) is 0 Å². The van der Waals surface area contributed by atoms with Crippen molar-refractivity contribution in [3.05, 3.63) is 63.3 Å². The third-order valence-corrected chi connectivity index (χ3v) is 5.50. The second kappa shape index (κ2) is 5.92. The molecule has 102 valence electrons. The van der Waals surface area contributed by atoms with Crippen molar-refractivity contribution in [1.82, 2.24) is 4.98 Å². The van der Waals surface area contributed by atoms with Crippen molar-refractivity contribution >= 4 is 53.4 Å². The molecule has 1 nitrogen and oxygen atoms in total. The van der Waals surface area contributed by atoms with Gasteiger partial charge in [-0.05, 0) is 34.1 Å². The lowest BCUT2D eigenvalue weighted by Gasteiger charge is -2.10. The van der Waals surface area contributed by atoms with Crippen LogP contribution in [0.4, 0.5) is 4.39 Å². The maximum absolute atomic E-state index is 14.1. The van der Waals surface area contributed by atoms with E-state index in [-0.39, 0.29) is 10.6 Å². The smallest absolute Gasteiger partial charge is 0.141 e. The van der Waals surface area contributed by atoms with Gasteiger partial charge in [-0.2, -0.15) is 0 Å². The molecule has 0 aliphatic heterocycles. The van der Waals surface area contributed by atoms with Crippen LogP contribution in [0.15, 0.2) is 46.9 Å². The Kier molecular flexibility index (Phi) is 4.19. The van der Waals surface area contributed by atoms with E-state index in [2.05, 4.69) is 42.9 Å². The number of alkyl halides is 1. The summed E-state index contributed by atoms with van der Waals surface area (Å²) in [6.45, 7) is 0. The van der Waals surface area contributed by atoms with Crippen LogP contribution in [0.2, 0.25) is 0 Å². The van der Waals surface area contributed by atoms with Crippen LogP contribution >= 0.6 is 43.2 Å². The van der Waals surface area contributed by atoms with Gasteiger partial charge in [0, 0.05) is 16.8 Å². The number of para-hydroxylation sites is 1. The molecule has 0 N–H and O–H groups in total. The van der Waals surface area contributed by atoms with Gasteiger partial charge in [0.05, 0.1) is 19.7 Å². The van der Waals surface area contributed by atoms with E-state index >= 15 is 0 Å². The summed E-state index contributed by atoms with van der Waals surface area (Å²) in [5.74, 6) is -0.213. The molecule has 0 aliphatic rings. The Morgan fingerprint density at radius 3 is 2.75 bits per heavy atom. The molecule has 0 saturated heterocycles. The Labute approximate surface area is 137 Å². The summed E-state index contributed by atoms with van der Waals surface area (Å²) in [6.07, 6.45) is 0.673. The zero-order valence-corrected chi connectivity index (χ0v) is 14.3. The third-order valence-electron chi connectivity index (χ3n) is 3.01. The Morgan fingerprint density at radius 2 is 1.95 bits per heavy atom. The van der Waals surface area contributed by atoms with E-state index in [0.29, 0.717) is 16.5 Å². The predicted octanol–water partition coefficient (Wildman–Crippen LogP) is 5.88. The van der Waals surface area contributed by atoms with Crippen molar-refractivity contribution in [2.24, 2.45) is 0 Å². The minimum absolute atomic E-state index is 0.0828. The van der Waals surface area contributed by atoms with Gasteiger partial charge in [-0.3, -0.25) is 0 Å². The summed E-state index contributed by atoms with van der Waals surface area (Å²) >= 11 is 8.44. The van der Waals surface area contributed by atoms with Crippen molar-refractivity contribution in [2.45, 2.75) is 11.2 Å². The van der Waals surface area contributed by atoms with Gasteiger partial charge in [-0.15, -0.1) is 11.3 Å². The van der Waals surface area contributed by atoms with Gasteiger partial charge in [0.2, 0.25) is 0 Å². The monoisotopic (exact) mass is 413 g/mol. The summed E-state index contributed by atoms with van der Waals surface area (Å²) in [7, 11) is 0. The molecule has 0 bridgehead atoms. The second-order valence-corrected chi connectivity index (χ2v) is 7.46. The molecule has 0 fully saturated rings. The highest BCUT2D eigenvalue weighted by atomic mass is 79.9. The molecule has 5 heteroatoms. The van der Waals surface area contributed by atoms with Gasteiger partial charge < -0.3 is 0 Å². The van der Waals surface area contributed by atoms with Crippen LogP contribution < -0.4 is 0 Å². The van der Waals surface area contributed by atoms with Crippen LogP contribution in [0, 0.1) is 5.82 Å². The van der Waals surface area contributed by atoms with E-state index in [9.17, 15) is 4.39 Å². The molecule has 1 aromatic heterocycles. The molecule has 3 rings (SSSR count). The summed E-state index contributed by atoms with van der Waals surface area (Å²) in [4.78, 5) is 4.50. The average molecular weight is 415 g/mol. The number of nitrogens with zero attached hydrogens (tertiary/aromatic N) is 1. The van der Waals surface area contributed by atoms with Crippen LogP contribution in [0.3, 0.4) is 0 Å². The summed E-state index contributed by atoms with van der Waals surface area (Å²) < 4.78 is 15.7. The molecule has 0 aliphatic carbocycles. The minimum Gasteiger partial charge on any atom is -0.241 e. The van der Waals surface area contributed by atoms with Crippen molar-refractivity contribution in [2.75, 3.05) is 0 Å². The zero-order valence-electron chi connectivity index (χ0n) is 10.3. The fraction of sp³-hybridized carbons (Fsp3) is 0.133. The molecule has 1 unspecified atom stereocenters. The first-order chi connectivity index (χ1) is 9.65. The number of fused-ring (bicyclic) bond motifs is 1. The van der Waals surface area contributed by atoms with Crippen molar-refractivity contribution in [3.8, 4) is 0 Å². The normalized spacial score (nSPS) is 12.8. The van der Waals surface area contributed by atoms with Gasteiger partial charge >= 0.3 is 0 Å². The third kappa shape index (κ3) is 2.80. The number of rotatable bonds is 3. The molecule has 3 aromatic rings. The van der Waals surface area contributed by atoms with Crippen LogP contribution in [0.25, 0.3) is 10.2 Å². The number of hydrogen-bond donors (Lipinski definition) is 0. The van der Waals surface area contributed by atoms with Gasteiger partial charge in [0.25, 0.3) is 0 Å². The van der Waals surface area contributed by atoms with Gasteiger partial charge in [-0.25, -0.2) is 9.37 Å². The SMILES string of the molecule is Fc1c(Br)cccc1C(Br)Cc1nc2ccccc2s1. The standard InChI is InChI=1S/C15H10Br2FNS/c16-10-5-3-4-9(15(10)18)11(17)8-14-19-12-6-1-2-7-13(12)20-14/h1-7,11H,8H2. The van der Waals surface area contributed by atoms with E-state index in [1.54, 1.807) is 23.5 Å². The van der Waals surface area contributed by atoms with Gasteiger partial charge in [0.15, 0.2) is 0 Å². The average Bonchev–Trinajstić information content (AvgIpc) is 2.83. The van der Waals surface area contributed by atoms with E-state index in [1.807, 2.05) is 24.3 Å². The van der Waals surface area contributed by atoms with E-state index < -0.39 is 0 Å². The lowest BCUT2D eigenvalue weighted by atomic mass is 10.1. The van der Waals surface area contributed by atoms with Crippen molar-refractivity contribution in [3.63, 3.8) is 0 Å². The molecule has 2 aromatic carbocycles. The quantitative estimate of drug-likeness (QED) is 0.488. The first-order valence-electron chi connectivity index (χ1n) is 6.07. The van der Waals surface area contributed by atoms with E-state index in [1.165, 1.54) is 0 Å². The first kappa shape index (κ1) is 14.2. The van der Waals surface area contributed by atoms with E-state index in [4.69, 9.17) is 0 Å². The summed E-state index contributed by atoms with van der Waals surface area (Å²) in [5, 5.41) is 1.01. The lowest BCUT2D eigenvalue weighted by molar-refractivity contribution is 0.601. The molecule has 20 heavy (non-hydrogen) atoms. The fourth-order valence-corrected chi connectivity index (χ4v) is 4.30. The van der Waals surface area contributed by atoms with Crippen molar-refractivity contribution < 1.29 is 4.39 Å². The summed E-state index contributed by atoms with van der Waals surface area (Å²) in [5.41, 5.74) is 1.65. The molecule has 1 atom stereocenters. The number of halogens is 3. The summed E-state index contributed by atoms with van der Waals surface area (Å²) in [6, 6.07) is 13.4. The maximum Gasteiger partial charge on any atom is 0.141 e. The predicted molar refractivity (Wildman–Crippen MR) is 89.1 cm³/mol. The van der Waals surface area contributed by atoms with Crippen LogP contribution in [0.1, 0.15) is 15.4 Å². The topological polar surface area (TPSA) is 12.9 Å². The Balaban J connectivity index is 1.88. The van der Waals surface area contributed by atoms with Crippen LogP contribution in [-0.2, 0) is 6.42 Å². The highest BCUT2D eigenvalue weighted by molar-refractivity contribution is 9.10. The van der Waals surface area contributed by atoms with Crippen LogP contribution in [0.5, 0.6) is 0 Å². The van der Waals surface area contributed by atoms with Gasteiger partial charge in [-0.1, -0.05) is 40.2 Å². The fourth-order valence-electron chi connectivity index (χ4n) is 2.03. The number of hydrogen-bond acceptors (Lipinski definition) is 2. The molecular weight excluding hydrogens is 405 g/mol. The zero-order chi connectivity index (χ0) is 14.1. The minimum atomic E-state index is -0.213. The molecule has 0 amide bonds. The lowest BCUT2D eigenvalue weighted by Crippen LogP contribution is -1.98.